The first-order valence-corrected chi connectivity index (χ1v) is 5.33. The molecule has 2 heterocycles. The van der Waals surface area contributed by atoms with Crippen molar-refractivity contribution >= 4 is 34.0 Å². The number of hydrogen-bond donors (Lipinski definition) is 1. The van der Waals surface area contributed by atoms with Crippen LogP contribution in [0, 0.1) is 0 Å². The second kappa shape index (κ2) is 3.46. The van der Waals surface area contributed by atoms with Gasteiger partial charge in [-0.25, -0.2) is 9.78 Å². The summed E-state index contributed by atoms with van der Waals surface area (Å²) >= 11 is 5.90. The third-order valence-electron chi connectivity index (χ3n) is 2.67. The first-order valence-electron chi connectivity index (χ1n) is 4.95. The molecule has 0 radical (unpaired) electrons. The molecule has 3 aromatic rings. The molecule has 1 N–H and O–H groups in total. The van der Waals surface area contributed by atoms with Crippen LogP contribution < -0.4 is 0 Å². The zero-order chi connectivity index (χ0) is 12.0. The molecule has 2 aromatic heterocycles. The first kappa shape index (κ1) is 10.1. The van der Waals surface area contributed by atoms with Gasteiger partial charge in [0, 0.05) is 16.6 Å². The highest BCUT2D eigenvalue weighted by Crippen LogP contribution is 2.23. The Morgan fingerprint density at radius 3 is 2.94 bits per heavy atom. The minimum Gasteiger partial charge on any atom is -0.477 e. The summed E-state index contributed by atoms with van der Waals surface area (Å²) in [5, 5.41) is 11.5. The lowest BCUT2D eigenvalue weighted by Gasteiger charge is -2.02. The lowest BCUT2D eigenvalue weighted by molar-refractivity contribution is 0.0689. The lowest BCUT2D eigenvalue weighted by Crippen LogP contribution is -2.01. The Hall–Kier alpha value is -2.07. The second-order valence-electron chi connectivity index (χ2n) is 3.69. The van der Waals surface area contributed by atoms with Gasteiger partial charge in [-0.2, -0.15) is 0 Å². The van der Waals surface area contributed by atoms with Crippen LogP contribution in [0.25, 0.3) is 16.4 Å². The summed E-state index contributed by atoms with van der Waals surface area (Å²) in [6.07, 6.45) is 3.04. The molecule has 0 saturated carbocycles. The Balaban J connectivity index is 2.45. The van der Waals surface area contributed by atoms with Crippen LogP contribution in [0.5, 0.6) is 0 Å². The van der Waals surface area contributed by atoms with Gasteiger partial charge in [-0.05, 0) is 29.7 Å². The Kier molecular flexibility index (Phi) is 2.06. The van der Waals surface area contributed by atoms with Crippen molar-refractivity contribution in [1.29, 1.82) is 0 Å². The van der Waals surface area contributed by atoms with E-state index in [1.807, 2.05) is 18.2 Å². The number of nitrogens with zero attached hydrogens (tertiary/aromatic N) is 2. The van der Waals surface area contributed by atoms with E-state index >= 15 is 0 Å². The van der Waals surface area contributed by atoms with Crippen LogP contribution in [0.4, 0.5) is 0 Å². The van der Waals surface area contributed by atoms with Crippen molar-refractivity contribution in [2.45, 2.75) is 0 Å². The number of carbonyl (C=O) groups is 1. The predicted octanol–water partition coefficient (Wildman–Crippen LogP) is 2.84. The van der Waals surface area contributed by atoms with Gasteiger partial charge >= 0.3 is 5.97 Å². The summed E-state index contributed by atoms with van der Waals surface area (Å²) in [7, 11) is 0. The number of pyridine rings is 1. The molecule has 0 saturated heterocycles. The zero-order valence-corrected chi connectivity index (χ0v) is 9.35. The van der Waals surface area contributed by atoms with E-state index in [4.69, 9.17) is 16.7 Å². The normalized spacial score (nSPS) is 11.1. The van der Waals surface area contributed by atoms with E-state index in [2.05, 4.69) is 4.98 Å². The molecule has 0 atom stereocenters. The van der Waals surface area contributed by atoms with Crippen molar-refractivity contribution in [2.24, 2.45) is 0 Å². The zero-order valence-electron chi connectivity index (χ0n) is 8.59. The van der Waals surface area contributed by atoms with Crippen LogP contribution >= 0.6 is 11.6 Å². The molecule has 17 heavy (non-hydrogen) atoms. The molecule has 0 amide bonds. The monoisotopic (exact) mass is 246 g/mol. The summed E-state index contributed by atoms with van der Waals surface area (Å²) in [6.45, 7) is 0. The average molecular weight is 247 g/mol. The van der Waals surface area contributed by atoms with E-state index in [0.717, 1.165) is 10.8 Å². The standard InChI is InChI=1S/C12H7ClN2O2/c13-8-1-2-9-7(5-8)3-4-15-10(12(16)17)6-14-11(9)15/h1-6H,(H,16,17). The number of carboxylic acids is 1. The van der Waals surface area contributed by atoms with E-state index in [0.29, 0.717) is 10.7 Å². The van der Waals surface area contributed by atoms with Crippen LogP contribution in [-0.4, -0.2) is 20.5 Å². The molecule has 0 bridgehead atoms. The van der Waals surface area contributed by atoms with Crippen molar-refractivity contribution in [3.05, 3.63) is 47.4 Å². The predicted molar refractivity (Wildman–Crippen MR) is 64.7 cm³/mol. The molecule has 0 spiro atoms. The summed E-state index contributed by atoms with van der Waals surface area (Å²) in [4.78, 5) is 15.1. The molecule has 0 aliphatic rings. The van der Waals surface area contributed by atoms with Crippen LogP contribution in [-0.2, 0) is 0 Å². The number of hydrogen-bond acceptors (Lipinski definition) is 2. The molecule has 0 unspecified atom stereocenters. The van der Waals surface area contributed by atoms with Gasteiger partial charge in [-0.1, -0.05) is 11.6 Å². The summed E-state index contributed by atoms with van der Waals surface area (Å²) in [5.41, 5.74) is 0.772. The highest BCUT2D eigenvalue weighted by atomic mass is 35.5. The van der Waals surface area contributed by atoms with Gasteiger partial charge < -0.3 is 5.11 Å². The maximum absolute atomic E-state index is 11.0. The summed E-state index contributed by atoms with van der Waals surface area (Å²) in [5.74, 6) is -0.995. The molecule has 3 rings (SSSR count). The topological polar surface area (TPSA) is 54.6 Å². The van der Waals surface area contributed by atoms with Gasteiger partial charge in [-0.3, -0.25) is 4.40 Å². The van der Waals surface area contributed by atoms with E-state index < -0.39 is 5.97 Å². The Bertz CT molecular complexity index is 749. The lowest BCUT2D eigenvalue weighted by atomic mass is 10.2. The quantitative estimate of drug-likeness (QED) is 0.718. The number of halogens is 1. The number of rotatable bonds is 1. The van der Waals surface area contributed by atoms with Crippen molar-refractivity contribution in [3.8, 4) is 0 Å². The Labute approximate surface area is 101 Å². The van der Waals surface area contributed by atoms with Crippen LogP contribution in [0.1, 0.15) is 10.5 Å². The first-order chi connectivity index (χ1) is 8.16. The minimum atomic E-state index is -0.995. The summed E-state index contributed by atoms with van der Waals surface area (Å²) in [6, 6.07) is 7.25. The van der Waals surface area contributed by atoms with E-state index in [1.165, 1.54) is 6.20 Å². The molecule has 0 aliphatic carbocycles. The number of fused-ring (bicyclic) bond motifs is 3. The number of imidazole rings is 1. The highest BCUT2D eigenvalue weighted by molar-refractivity contribution is 6.31. The maximum Gasteiger partial charge on any atom is 0.354 e. The number of aromatic nitrogens is 2. The van der Waals surface area contributed by atoms with Gasteiger partial charge in [0.05, 0.1) is 6.20 Å². The average Bonchev–Trinajstić information content (AvgIpc) is 2.72. The van der Waals surface area contributed by atoms with E-state index in [1.54, 1.807) is 16.7 Å². The van der Waals surface area contributed by atoms with Gasteiger partial charge in [0.15, 0.2) is 5.69 Å². The molecular weight excluding hydrogens is 240 g/mol. The fourth-order valence-electron chi connectivity index (χ4n) is 1.90. The largest absolute Gasteiger partial charge is 0.477 e. The molecular formula is C12H7ClN2O2. The number of benzene rings is 1. The van der Waals surface area contributed by atoms with Gasteiger partial charge in [-0.15, -0.1) is 0 Å². The Morgan fingerprint density at radius 2 is 2.18 bits per heavy atom. The fraction of sp³-hybridized carbons (Fsp3) is 0. The molecule has 1 aromatic carbocycles. The van der Waals surface area contributed by atoms with E-state index in [9.17, 15) is 4.79 Å². The Morgan fingerprint density at radius 1 is 1.35 bits per heavy atom. The molecule has 0 aliphatic heterocycles. The van der Waals surface area contributed by atoms with Crippen molar-refractivity contribution in [2.75, 3.05) is 0 Å². The van der Waals surface area contributed by atoms with Crippen molar-refractivity contribution in [1.82, 2.24) is 9.38 Å². The van der Waals surface area contributed by atoms with Crippen molar-refractivity contribution in [3.63, 3.8) is 0 Å². The van der Waals surface area contributed by atoms with Gasteiger partial charge in [0.1, 0.15) is 5.65 Å². The maximum atomic E-state index is 11.0. The van der Waals surface area contributed by atoms with Crippen molar-refractivity contribution < 1.29 is 9.90 Å². The highest BCUT2D eigenvalue weighted by Gasteiger charge is 2.11. The van der Waals surface area contributed by atoms with Crippen LogP contribution in [0.3, 0.4) is 0 Å². The molecule has 0 fully saturated rings. The smallest absolute Gasteiger partial charge is 0.354 e. The van der Waals surface area contributed by atoms with Gasteiger partial charge in [0.25, 0.3) is 0 Å². The second-order valence-corrected chi connectivity index (χ2v) is 4.13. The number of carboxylic acid groups (broad SMARTS) is 1. The number of aromatic carboxylic acids is 1. The SMILES string of the molecule is O=C(O)c1cnc2c3ccc(Cl)cc3ccn12. The molecule has 5 heteroatoms. The molecule has 4 nitrogen and oxygen atoms in total. The molecule has 84 valence electrons. The summed E-state index contributed by atoms with van der Waals surface area (Å²) < 4.78 is 1.55. The van der Waals surface area contributed by atoms with E-state index in [-0.39, 0.29) is 5.69 Å². The van der Waals surface area contributed by atoms with Crippen LogP contribution in [0.15, 0.2) is 36.7 Å². The fourth-order valence-corrected chi connectivity index (χ4v) is 2.08. The third kappa shape index (κ3) is 1.45. The third-order valence-corrected chi connectivity index (χ3v) is 2.91. The van der Waals surface area contributed by atoms with Gasteiger partial charge in [0.2, 0.25) is 0 Å². The minimum absolute atomic E-state index is 0.150. The van der Waals surface area contributed by atoms with Crippen LogP contribution in [0.2, 0.25) is 5.02 Å².